The molecule has 3 rings (SSSR count). The predicted octanol–water partition coefficient (Wildman–Crippen LogP) is 3.34. The van der Waals surface area contributed by atoms with Crippen LogP contribution in [0.15, 0.2) is 48.5 Å². The molecule has 1 aliphatic heterocycles. The zero-order chi connectivity index (χ0) is 23.3. The van der Waals surface area contributed by atoms with E-state index in [2.05, 4.69) is 10.1 Å². The molecular formula is C24H28N4O4. The van der Waals surface area contributed by atoms with Crippen molar-refractivity contribution in [3.63, 3.8) is 0 Å². The summed E-state index contributed by atoms with van der Waals surface area (Å²) in [6.45, 7) is 4.64. The average Bonchev–Trinajstić information content (AvgIpc) is 3.18. The van der Waals surface area contributed by atoms with Crippen LogP contribution in [0.1, 0.15) is 31.4 Å². The second-order valence-corrected chi connectivity index (χ2v) is 7.89. The molecule has 0 saturated carbocycles. The summed E-state index contributed by atoms with van der Waals surface area (Å²) in [5, 5.41) is 10.6. The highest BCUT2D eigenvalue weighted by molar-refractivity contribution is 6.08. The highest BCUT2D eigenvalue weighted by Crippen LogP contribution is 2.26. The van der Waals surface area contributed by atoms with Gasteiger partial charge in [-0.2, -0.15) is 0 Å². The normalized spacial score (nSPS) is 13.4. The summed E-state index contributed by atoms with van der Waals surface area (Å²) in [6, 6.07) is 14.5. The first-order valence-corrected chi connectivity index (χ1v) is 10.5. The van der Waals surface area contributed by atoms with Crippen LogP contribution in [0.3, 0.4) is 0 Å². The van der Waals surface area contributed by atoms with Gasteiger partial charge >= 0.3 is 12.0 Å². The van der Waals surface area contributed by atoms with Crippen LogP contribution in [-0.4, -0.2) is 43.9 Å². The number of hydrogen-bond donors (Lipinski definition) is 2. The molecule has 3 amide bonds. The number of methoxy groups -OCH3 is 1. The van der Waals surface area contributed by atoms with Crippen molar-refractivity contribution in [3.8, 4) is 0 Å². The second kappa shape index (κ2) is 10.1. The van der Waals surface area contributed by atoms with Crippen molar-refractivity contribution in [1.29, 1.82) is 5.41 Å². The van der Waals surface area contributed by atoms with Crippen molar-refractivity contribution in [1.82, 2.24) is 5.32 Å². The lowest BCUT2D eigenvalue weighted by Crippen LogP contribution is -2.34. The van der Waals surface area contributed by atoms with E-state index in [1.807, 2.05) is 24.3 Å². The molecule has 8 nitrogen and oxygen atoms in total. The zero-order valence-electron chi connectivity index (χ0n) is 18.6. The van der Waals surface area contributed by atoms with Crippen molar-refractivity contribution in [3.05, 3.63) is 59.7 Å². The van der Waals surface area contributed by atoms with Crippen molar-refractivity contribution < 1.29 is 19.1 Å². The quantitative estimate of drug-likeness (QED) is 0.395. The van der Waals surface area contributed by atoms with Gasteiger partial charge in [-0.15, -0.1) is 0 Å². The Morgan fingerprint density at radius 1 is 1.00 bits per heavy atom. The van der Waals surface area contributed by atoms with Crippen LogP contribution in [-0.2, 0) is 20.7 Å². The van der Waals surface area contributed by atoms with Crippen LogP contribution in [0, 0.1) is 11.3 Å². The molecule has 0 radical (unpaired) electrons. The number of carbonyl (C=O) groups excluding carboxylic acids is 3. The lowest BCUT2D eigenvalue weighted by molar-refractivity contribution is -0.140. The number of hydrogen-bond acceptors (Lipinski definition) is 5. The molecule has 0 aliphatic carbocycles. The van der Waals surface area contributed by atoms with E-state index in [1.54, 1.807) is 47.9 Å². The Balaban J connectivity index is 1.63. The third kappa shape index (κ3) is 5.32. The number of amides is 3. The monoisotopic (exact) mass is 436 g/mol. The summed E-state index contributed by atoms with van der Waals surface area (Å²) in [4.78, 5) is 39.5. The number of amidine groups is 1. The molecule has 1 heterocycles. The van der Waals surface area contributed by atoms with E-state index in [9.17, 15) is 14.4 Å². The summed E-state index contributed by atoms with van der Waals surface area (Å²) < 4.78 is 4.66. The first kappa shape index (κ1) is 23.0. The van der Waals surface area contributed by atoms with Crippen LogP contribution in [0.25, 0.3) is 0 Å². The Morgan fingerprint density at radius 2 is 1.53 bits per heavy atom. The van der Waals surface area contributed by atoms with Crippen molar-refractivity contribution in [2.24, 2.45) is 5.92 Å². The third-order valence-electron chi connectivity index (χ3n) is 5.34. The summed E-state index contributed by atoms with van der Waals surface area (Å²) in [5.41, 5.74) is 3.12. The second-order valence-electron chi connectivity index (χ2n) is 7.89. The van der Waals surface area contributed by atoms with Gasteiger partial charge in [-0.1, -0.05) is 26.0 Å². The maximum atomic E-state index is 13.0. The van der Waals surface area contributed by atoms with Crippen molar-refractivity contribution in [2.75, 3.05) is 30.0 Å². The van der Waals surface area contributed by atoms with E-state index in [4.69, 9.17) is 5.41 Å². The minimum atomic E-state index is -0.247. The molecule has 0 atom stereocenters. The molecule has 1 fully saturated rings. The zero-order valence-corrected chi connectivity index (χ0v) is 18.6. The molecule has 2 aromatic carbocycles. The first-order valence-electron chi connectivity index (χ1n) is 10.5. The lowest BCUT2D eigenvalue weighted by atomic mass is 10.1. The predicted molar refractivity (Wildman–Crippen MR) is 123 cm³/mol. The van der Waals surface area contributed by atoms with Gasteiger partial charge in [0.15, 0.2) is 0 Å². The van der Waals surface area contributed by atoms with Gasteiger partial charge in [-0.05, 0) is 48.4 Å². The number of benzene rings is 2. The molecule has 168 valence electrons. The SMILES string of the molecule is COC(=O)CCc1ccc(N2CCN(c3ccc(C(=N)NC(=O)C(C)C)cc3)C2=O)cc1. The van der Waals surface area contributed by atoms with E-state index >= 15 is 0 Å². The number of carbonyl (C=O) groups is 3. The maximum absolute atomic E-state index is 13.0. The van der Waals surface area contributed by atoms with Crippen molar-refractivity contribution >= 4 is 35.1 Å². The maximum Gasteiger partial charge on any atom is 0.329 e. The van der Waals surface area contributed by atoms with Gasteiger partial charge < -0.3 is 10.1 Å². The largest absolute Gasteiger partial charge is 0.469 e. The topological polar surface area (TPSA) is 103 Å². The first-order chi connectivity index (χ1) is 15.3. The Hall–Kier alpha value is -3.68. The van der Waals surface area contributed by atoms with E-state index < -0.39 is 0 Å². The molecule has 2 aromatic rings. The van der Waals surface area contributed by atoms with Crippen LogP contribution < -0.4 is 15.1 Å². The molecule has 1 aliphatic rings. The lowest BCUT2D eigenvalue weighted by Gasteiger charge is -2.19. The molecule has 0 spiro atoms. The standard InChI is InChI=1S/C24H28N4O4/c1-16(2)23(30)26-22(25)18-7-11-20(12-8-18)28-15-14-27(24(28)31)19-9-4-17(5-10-19)6-13-21(29)32-3/h4-5,7-12,16H,6,13-15H2,1-3H3,(H2,25,26,30). The minimum absolute atomic E-state index is 0.0388. The van der Waals surface area contributed by atoms with Gasteiger partial charge in [0.2, 0.25) is 5.91 Å². The number of nitrogens with one attached hydrogen (secondary N) is 2. The molecule has 0 unspecified atom stereocenters. The fourth-order valence-corrected chi connectivity index (χ4v) is 3.35. The molecule has 0 aromatic heterocycles. The Kier molecular flexibility index (Phi) is 7.25. The number of urea groups is 1. The van der Waals surface area contributed by atoms with E-state index in [0.29, 0.717) is 31.5 Å². The molecular weight excluding hydrogens is 408 g/mol. The third-order valence-corrected chi connectivity index (χ3v) is 5.34. The average molecular weight is 437 g/mol. The van der Waals surface area contributed by atoms with Crippen LogP contribution in [0.5, 0.6) is 0 Å². The van der Waals surface area contributed by atoms with Gasteiger partial charge in [0.05, 0.1) is 7.11 Å². The highest BCUT2D eigenvalue weighted by atomic mass is 16.5. The number of anilines is 2. The minimum Gasteiger partial charge on any atom is -0.469 e. The van der Waals surface area contributed by atoms with Gasteiger partial charge in [-0.3, -0.25) is 24.8 Å². The van der Waals surface area contributed by atoms with Gasteiger partial charge in [-0.25, -0.2) is 4.79 Å². The van der Waals surface area contributed by atoms with Crippen LogP contribution >= 0.6 is 0 Å². The van der Waals surface area contributed by atoms with Gasteiger partial charge in [0.1, 0.15) is 5.84 Å². The molecule has 8 heteroatoms. The Bertz CT molecular complexity index is 1000. The smallest absolute Gasteiger partial charge is 0.329 e. The highest BCUT2D eigenvalue weighted by Gasteiger charge is 2.30. The number of nitrogens with zero attached hydrogens (tertiary/aromatic N) is 2. The van der Waals surface area contributed by atoms with Crippen LogP contribution in [0.2, 0.25) is 0 Å². The van der Waals surface area contributed by atoms with E-state index in [0.717, 1.165) is 16.9 Å². The molecule has 1 saturated heterocycles. The van der Waals surface area contributed by atoms with Crippen molar-refractivity contribution in [2.45, 2.75) is 26.7 Å². The Morgan fingerprint density at radius 3 is 2.03 bits per heavy atom. The summed E-state index contributed by atoms with van der Waals surface area (Å²) >= 11 is 0. The molecule has 32 heavy (non-hydrogen) atoms. The number of aryl methyl sites for hydroxylation is 1. The number of ether oxygens (including phenoxy) is 1. The number of rotatable bonds is 7. The van der Waals surface area contributed by atoms with Crippen LogP contribution in [0.4, 0.5) is 16.2 Å². The fourth-order valence-electron chi connectivity index (χ4n) is 3.35. The Labute approximate surface area is 187 Å². The molecule has 0 bridgehead atoms. The van der Waals surface area contributed by atoms with E-state index in [1.165, 1.54) is 7.11 Å². The van der Waals surface area contributed by atoms with E-state index in [-0.39, 0.29) is 29.7 Å². The van der Waals surface area contributed by atoms with Gasteiger partial charge in [0.25, 0.3) is 0 Å². The summed E-state index contributed by atoms with van der Waals surface area (Å²) in [6.07, 6.45) is 0.910. The fraction of sp³-hybridized carbons (Fsp3) is 0.333. The summed E-state index contributed by atoms with van der Waals surface area (Å²) in [7, 11) is 1.37. The summed E-state index contributed by atoms with van der Waals surface area (Å²) in [5.74, 6) is -0.620. The van der Waals surface area contributed by atoms with Gasteiger partial charge in [0, 0.05) is 42.4 Å². The molecule has 2 N–H and O–H groups in total. The number of esters is 1.